The van der Waals surface area contributed by atoms with E-state index in [1.165, 1.54) is 55.3 Å². The van der Waals surface area contributed by atoms with Crippen molar-refractivity contribution in [3.63, 3.8) is 0 Å². The highest BCUT2D eigenvalue weighted by atomic mass is 32.2. The summed E-state index contributed by atoms with van der Waals surface area (Å²) in [4.78, 5) is 29.2. The summed E-state index contributed by atoms with van der Waals surface area (Å²) in [5.74, 6) is 0.632. The number of hydrogen-bond donors (Lipinski definition) is 2. The number of anilines is 2. The lowest BCUT2D eigenvalue weighted by molar-refractivity contribution is -0.385. The Morgan fingerprint density at radius 2 is 1.79 bits per heavy atom. The van der Waals surface area contributed by atoms with E-state index in [2.05, 4.69) is 19.9 Å². The molecule has 0 saturated carbocycles. The number of carbonyl (C=O) groups is 1. The van der Waals surface area contributed by atoms with Crippen LogP contribution < -0.4 is 14.9 Å². The molecule has 0 atom stereocenters. The molecule has 1 aliphatic rings. The number of nitrogens with zero attached hydrogens (tertiary/aromatic N) is 3. The molecule has 1 amide bonds. The predicted octanol–water partition coefficient (Wildman–Crippen LogP) is 3.32. The summed E-state index contributed by atoms with van der Waals surface area (Å²) in [6.45, 7) is 2.34. The quantitative estimate of drug-likeness (QED) is 0.372. The number of benzene rings is 2. The van der Waals surface area contributed by atoms with Crippen molar-refractivity contribution < 1.29 is 18.1 Å². The Morgan fingerprint density at radius 3 is 2.44 bits per heavy atom. The van der Waals surface area contributed by atoms with Crippen molar-refractivity contribution in [3.8, 4) is 0 Å². The first-order valence-electron chi connectivity index (χ1n) is 10.7. The summed E-state index contributed by atoms with van der Waals surface area (Å²) >= 11 is 0. The van der Waals surface area contributed by atoms with Crippen LogP contribution in [0.3, 0.4) is 0 Å². The summed E-state index contributed by atoms with van der Waals surface area (Å²) in [7, 11) is -4.02. The first-order chi connectivity index (χ1) is 16.3. The highest BCUT2D eigenvalue weighted by molar-refractivity contribution is 7.92. The Balaban J connectivity index is 1.35. The van der Waals surface area contributed by atoms with Crippen LogP contribution >= 0.6 is 0 Å². The van der Waals surface area contributed by atoms with Crippen molar-refractivity contribution in [2.24, 2.45) is 0 Å². The van der Waals surface area contributed by atoms with Crippen molar-refractivity contribution >= 4 is 33.1 Å². The van der Waals surface area contributed by atoms with Gasteiger partial charge in [-0.05, 0) is 54.8 Å². The standard InChI is InChI=1S/C23H23N5O5S/c29-23(25-16-17-6-11-22(24-15-17)27-12-1-2-13-27)18-7-9-19(10-8-18)26-34(32,33)21-5-3-4-20(14-21)28(30)31/h3-11,14-15,26H,1-2,12-13,16H2,(H,25,29). The minimum Gasteiger partial charge on any atom is -0.357 e. The number of nitro groups is 1. The van der Waals surface area contributed by atoms with Crippen molar-refractivity contribution in [3.05, 3.63) is 88.1 Å². The summed E-state index contributed by atoms with van der Waals surface area (Å²) in [6, 6.07) is 14.6. The number of carbonyl (C=O) groups excluding carboxylic acids is 1. The van der Waals surface area contributed by atoms with Crippen LogP contribution in [0.2, 0.25) is 0 Å². The van der Waals surface area contributed by atoms with E-state index in [9.17, 15) is 23.3 Å². The Hall–Kier alpha value is -3.99. The van der Waals surface area contributed by atoms with Crippen molar-refractivity contribution in [1.82, 2.24) is 10.3 Å². The van der Waals surface area contributed by atoms with Gasteiger partial charge in [0.2, 0.25) is 0 Å². The summed E-state index contributed by atoms with van der Waals surface area (Å²) in [5.41, 5.74) is 1.14. The van der Waals surface area contributed by atoms with E-state index in [1.54, 1.807) is 6.20 Å². The average molecular weight is 482 g/mol. The average Bonchev–Trinajstić information content (AvgIpc) is 3.38. The second-order valence-corrected chi connectivity index (χ2v) is 9.52. The molecule has 2 heterocycles. The van der Waals surface area contributed by atoms with Gasteiger partial charge in [-0.1, -0.05) is 12.1 Å². The van der Waals surface area contributed by atoms with E-state index in [0.717, 1.165) is 30.5 Å². The lowest BCUT2D eigenvalue weighted by atomic mass is 10.2. The maximum atomic E-state index is 12.5. The molecule has 3 aromatic rings. The minimum absolute atomic E-state index is 0.227. The molecular formula is C23H23N5O5S. The zero-order valence-electron chi connectivity index (χ0n) is 18.2. The molecule has 0 spiro atoms. The summed E-state index contributed by atoms with van der Waals surface area (Å²) < 4.78 is 27.4. The van der Waals surface area contributed by atoms with Crippen molar-refractivity contribution in [1.29, 1.82) is 0 Å². The lowest BCUT2D eigenvalue weighted by Gasteiger charge is -2.16. The lowest BCUT2D eigenvalue weighted by Crippen LogP contribution is -2.23. The number of amides is 1. The van der Waals surface area contributed by atoms with E-state index < -0.39 is 14.9 Å². The van der Waals surface area contributed by atoms with Crippen molar-refractivity contribution in [2.75, 3.05) is 22.7 Å². The van der Waals surface area contributed by atoms with Crippen LogP contribution in [-0.2, 0) is 16.6 Å². The van der Waals surface area contributed by atoms with Crippen LogP contribution in [0, 0.1) is 10.1 Å². The first kappa shape index (κ1) is 23.2. The maximum absolute atomic E-state index is 12.5. The largest absolute Gasteiger partial charge is 0.357 e. The van der Waals surface area contributed by atoms with Crippen LogP contribution in [-0.4, -0.2) is 37.3 Å². The fourth-order valence-electron chi connectivity index (χ4n) is 3.61. The van der Waals surface area contributed by atoms with Crippen molar-refractivity contribution in [2.45, 2.75) is 24.3 Å². The van der Waals surface area contributed by atoms with Gasteiger partial charge in [-0.2, -0.15) is 0 Å². The van der Waals surface area contributed by atoms with E-state index in [-0.39, 0.29) is 22.2 Å². The Morgan fingerprint density at radius 1 is 1.06 bits per heavy atom. The predicted molar refractivity (Wildman–Crippen MR) is 127 cm³/mol. The van der Waals surface area contributed by atoms with Gasteiger partial charge in [0.1, 0.15) is 5.82 Å². The molecule has 11 heteroatoms. The molecule has 34 heavy (non-hydrogen) atoms. The second-order valence-electron chi connectivity index (χ2n) is 7.84. The van der Waals surface area contributed by atoms with E-state index in [1.807, 2.05) is 12.1 Å². The fourth-order valence-corrected chi connectivity index (χ4v) is 4.70. The maximum Gasteiger partial charge on any atom is 0.270 e. The Labute approximate surface area is 196 Å². The molecule has 1 fully saturated rings. The van der Waals surface area contributed by atoms with Gasteiger partial charge < -0.3 is 10.2 Å². The third kappa shape index (κ3) is 5.49. The number of nitrogens with one attached hydrogen (secondary N) is 2. The SMILES string of the molecule is O=C(NCc1ccc(N2CCCC2)nc1)c1ccc(NS(=O)(=O)c2cccc([N+](=O)[O-])c2)cc1. The molecule has 1 aliphatic heterocycles. The summed E-state index contributed by atoms with van der Waals surface area (Å²) in [5, 5.41) is 13.7. The minimum atomic E-state index is -4.02. The van der Waals surface area contributed by atoms with Gasteiger partial charge in [-0.25, -0.2) is 13.4 Å². The van der Waals surface area contributed by atoms with Crippen LogP contribution in [0.1, 0.15) is 28.8 Å². The zero-order valence-corrected chi connectivity index (χ0v) is 19.0. The molecule has 1 aromatic heterocycles. The van der Waals surface area contributed by atoms with Gasteiger partial charge in [0.05, 0.1) is 9.82 Å². The van der Waals surface area contributed by atoms with Crippen LogP contribution in [0.4, 0.5) is 17.2 Å². The molecule has 0 radical (unpaired) electrons. The fraction of sp³-hybridized carbons (Fsp3) is 0.217. The number of rotatable bonds is 8. The molecule has 1 saturated heterocycles. The van der Waals surface area contributed by atoms with E-state index in [0.29, 0.717) is 12.1 Å². The molecular weight excluding hydrogens is 458 g/mol. The van der Waals surface area contributed by atoms with E-state index >= 15 is 0 Å². The van der Waals surface area contributed by atoms with Gasteiger partial charge in [-0.15, -0.1) is 0 Å². The first-order valence-corrected chi connectivity index (χ1v) is 12.2. The number of hydrogen-bond acceptors (Lipinski definition) is 7. The normalized spacial score (nSPS) is 13.5. The Kier molecular flexibility index (Phi) is 6.73. The summed E-state index contributed by atoms with van der Waals surface area (Å²) in [6.07, 6.45) is 4.10. The number of sulfonamides is 1. The van der Waals surface area contributed by atoms with Gasteiger partial charge >= 0.3 is 0 Å². The number of pyridine rings is 1. The number of non-ortho nitro benzene ring substituents is 1. The molecule has 2 aromatic carbocycles. The second kappa shape index (κ2) is 9.87. The molecule has 0 aliphatic carbocycles. The number of nitro benzene ring substituents is 1. The third-order valence-electron chi connectivity index (χ3n) is 5.43. The zero-order chi connectivity index (χ0) is 24.1. The van der Waals surface area contributed by atoms with E-state index in [4.69, 9.17) is 0 Å². The topological polar surface area (TPSA) is 135 Å². The highest BCUT2D eigenvalue weighted by Crippen LogP contribution is 2.21. The van der Waals surface area contributed by atoms with Gasteiger partial charge in [-0.3, -0.25) is 19.6 Å². The molecule has 10 nitrogen and oxygen atoms in total. The van der Waals surface area contributed by atoms with Gasteiger partial charge in [0.25, 0.3) is 21.6 Å². The van der Waals surface area contributed by atoms with Gasteiger partial charge in [0, 0.05) is 49.2 Å². The third-order valence-corrected chi connectivity index (χ3v) is 6.81. The molecule has 2 N–H and O–H groups in total. The van der Waals surface area contributed by atoms with Crippen LogP contribution in [0.25, 0.3) is 0 Å². The Bertz CT molecular complexity index is 1290. The van der Waals surface area contributed by atoms with Gasteiger partial charge in [0.15, 0.2) is 0 Å². The molecule has 4 rings (SSSR count). The smallest absolute Gasteiger partial charge is 0.270 e. The molecule has 0 unspecified atom stereocenters. The monoisotopic (exact) mass is 481 g/mol. The van der Waals surface area contributed by atoms with Crippen LogP contribution in [0.5, 0.6) is 0 Å². The highest BCUT2D eigenvalue weighted by Gasteiger charge is 2.18. The number of aromatic nitrogens is 1. The van der Waals surface area contributed by atoms with Crippen LogP contribution in [0.15, 0.2) is 71.8 Å². The molecule has 0 bridgehead atoms. The molecule has 176 valence electrons.